The molecule has 2 nitrogen and oxygen atoms in total. The molecule has 0 aliphatic heterocycles. The van der Waals surface area contributed by atoms with Crippen LogP contribution in [-0.2, 0) is 16.5 Å². The topological polar surface area (TPSA) is 26.5 Å². The fraction of sp³-hybridized carbons (Fsp3) is 0.636. The summed E-state index contributed by atoms with van der Waals surface area (Å²) in [6.07, 6.45) is 0. The van der Waals surface area contributed by atoms with Crippen LogP contribution in [0.4, 0.5) is 0 Å². The van der Waals surface area contributed by atoms with Crippen molar-refractivity contribution in [3.8, 4) is 0 Å². The minimum Gasteiger partial charge on any atom is -0.655 e. The third-order valence-corrected chi connectivity index (χ3v) is 1.78. The van der Waals surface area contributed by atoms with Gasteiger partial charge in [0.05, 0.1) is 0 Å². The molecule has 0 aromatic rings. The Morgan fingerprint density at radius 2 is 1.60 bits per heavy atom. The molecule has 0 aliphatic rings. The van der Waals surface area contributed by atoms with Gasteiger partial charge in [-0.15, -0.1) is 15.0 Å². The molecule has 0 spiro atoms. The van der Waals surface area contributed by atoms with Gasteiger partial charge in [-0.1, -0.05) is 39.2 Å². The van der Waals surface area contributed by atoms with Crippen LogP contribution in [0.25, 0.3) is 5.32 Å². The maximum absolute atomic E-state index is 4.16. The van der Waals surface area contributed by atoms with E-state index in [2.05, 4.69) is 52.3 Å². The summed E-state index contributed by atoms with van der Waals surface area (Å²) in [5.74, 6) is 0. The van der Waals surface area contributed by atoms with Gasteiger partial charge in [0.25, 0.3) is 0 Å². The van der Waals surface area contributed by atoms with E-state index in [1.807, 2.05) is 20.6 Å². The zero-order chi connectivity index (χ0) is 12.2. The third kappa shape index (κ3) is 16.7. The van der Waals surface area contributed by atoms with Crippen LogP contribution in [0.15, 0.2) is 23.9 Å². The quantitative estimate of drug-likeness (QED) is 0.319. The van der Waals surface area contributed by atoms with Crippen LogP contribution in [0.1, 0.15) is 20.8 Å². The Labute approximate surface area is 108 Å². The Bertz CT molecular complexity index is 183. The molecular formula is C11H24N2NiP-. The molecule has 94 valence electrons. The van der Waals surface area contributed by atoms with Crippen molar-refractivity contribution in [3.05, 3.63) is 24.2 Å². The van der Waals surface area contributed by atoms with Crippen molar-refractivity contribution in [1.82, 2.24) is 0 Å². The predicted molar refractivity (Wildman–Crippen MR) is 72.8 cm³/mol. The summed E-state index contributed by atoms with van der Waals surface area (Å²) in [4.78, 5) is 4.05. The fourth-order valence-corrected chi connectivity index (χ4v) is 0.435. The zero-order valence-electron chi connectivity index (χ0n) is 10.7. The van der Waals surface area contributed by atoms with Crippen molar-refractivity contribution in [3.63, 3.8) is 0 Å². The van der Waals surface area contributed by atoms with Crippen LogP contribution in [0.2, 0.25) is 0 Å². The standard InChI is InChI=1S/C7H15N2.C3H4.CH5P.Ni/c1-6(8-4)7(2,3)9-5;1-3-2;1-2;/h1-5H3;1-2H2;2H2,1H3;/q-1;;;. The van der Waals surface area contributed by atoms with E-state index in [1.165, 1.54) is 0 Å². The molecule has 0 bridgehead atoms. The monoisotopic (exact) mass is 273 g/mol. The van der Waals surface area contributed by atoms with E-state index >= 15 is 0 Å². The van der Waals surface area contributed by atoms with Gasteiger partial charge in [0.15, 0.2) is 0 Å². The largest absolute Gasteiger partial charge is 0.655 e. The molecule has 0 fully saturated rings. The molecule has 0 aromatic heterocycles. The average molecular weight is 274 g/mol. The number of nitrogens with zero attached hydrogens (tertiary/aromatic N) is 2. The molecule has 15 heavy (non-hydrogen) atoms. The molecule has 0 aliphatic carbocycles. The summed E-state index contributed by atoms with van der Waals surface area (Å²) >= 11 is 0. The van der Waals surface area contributed by atoms with Gasteiger partial charge in [-0.3, -0.25) is 4.99 Å². The molecule has 0 saturated carbocycles. The van der Waals surface area contributed by atoms with Crippen molar-refractivity contribution in [2.75, 3.05) is 20.8 Å². The minimum atomic E-state index is -0.0747. The van der Waals surface area contributed by atoms with Gasteiger partial charge >= 0.3 is 0 Å². The van der Waals surface area contributed by atoms with Crippen LogP contribution in [0.3, 0.4) is 0 Å². The second-order valence-corrected chi connectivity index (χ2v) is 2.84. The van der Waals surface area contributed by atoms with Crippen molar-refractivity contribution < 1.29 is 16.5 Å². The number of hydrogen-bond donors (Lipinski definition) is 0. The second-order valence-electron chi connectivity index (χ2n) is 2.84. The fourth-order valence-electron chi connectivity index (χ4n) is 0.435. The van der Waals surface area contributed by atoms with E-state index in [1.54, 1.807) is 7.05 Å². The SMILES string of the molecule is C=C=C.CN=C(C)C(C)(C)[N-]C.CP.[Ni]. The molecule has 0 heterocycles. The maximum Gasteiger partial charge on any atom is 0.0275 e. The van der Waals surface area contributed by atoms with E-state index in [9.17, 15) is 0 Å². The van der Waals surface area contributed by atoms with Gasteiger partial charge in [0, 0.05) is 23.5 Å². The van der Waals surface area contributed by atoms with Crippen LogP contribution in [0, 0.1) is 0 Å². The van der Waals surface area contributed by atoms with Crippen molar-refractivity contribution in [2.45, 2.75) is 26.3 Å². The summed E-state index contributed by atoms with van der Waals surface area (Å²) in [5, 5.41) is 4.16. The first-order valence-corrected chi connectivity index (χ1v) is 5.53. The first kappa shape index (κ1) is 24.3. The summed E-state index contributed by atoms with van der Waals surface area (Å²) in [6.45, 7) is 14.3. The van der Waals surface area contributed by atoms with Gasteiger partial charge < -0.3 is 5.32 Å². The third-order valence-electron chi connectivity index (χ3n) is 1.78. The predicted octanol–water partition coefficient (Wildman–Crippen LogP) is 3.31. The Morgan fingerprint density at radius 1 is 1.33 bits per heavy atom. The summed E-state index contributed by atoms with van der Waals surface area (Å²) in [5.41, 5.74) is 3.25. The van der Waals surface area contributed by atoms with Crippen LogP contribution in [-0.4, -0.2) is 32.0 Å². The first-order valence-electron chi connectivity index (χ1n) is 4.38. The normalized spacial score (nSPS) is 9.40. The summed E-state index contributed by atoms with van der Waals surface area (Å²) in [6, 6.07) is 0. The Kier molecular flexibility index (Phi) is 26.8. The smallest absolute Gasteiger partial charge is 0.0275 e. The molecule has 0 saturated heterocycles. The molecular weight excluding hydrogens is 250 g/mol. The Balaban J connectivity index is -0.0000000867. The van der Waals surface area contributed by atoms with Gasteiger partial charge in [-0.05, 0) is 12.6 Å². The molecule has 4 heteroatoms. The van der Waals surface area contributed by atoms with E-state index < -0.39 is 0 Å². The van der Waals surface area contributed by atoms with Crippen LogP contribution < -0.4 is 0 Å². The van der Waals surface area contributed by atoms with E-state index in [4.69, 9.17) is 0 Å². The van der Waals surface area contributed by atoms with Crippen molar-refractivity contribution in [1.29, 1.82) is 0 Å². The van der Waals surface area contributed by atoms with E-state index in [-0.39, 0.29) is 22.0 Å². The Morgan fingerprint density at radius 3 is 1.67 bits per heavy atom. The van der Waals surface area contributed by atoms with Gasteiger partial charge in [0.1, 0.15) is 0 Å². The van der Waals surface area contributed by atoms with Gasteiger partial charge in [0.2, 0.25) is 0 Å². The minimum absolute atomic E-state index is 0. The molecule has 1 unspecified atom stereocenters. The van der Waals surface area contributed by atoms with Crippen molar-refractivity contribution >= 4 is 15.0 Å². The average Bonchev–Trinajstić information content (AvgIpc) is 2.20. The summed E-state index contributed by atoms with van der Waals surface area (Å²) < 4.78 is 0. The first-order chi connectivity index (χ1) is 6.46. The number of hydrogen-bond acceptors (Lipinski definition) is 1. The van der Waals surface area contributed by atoms with E-state index in [0.717, 1.165) is 5.71 Å². The van der Waals surface area contributed by atoms with Crippen LogP contribution in [0.5, 0.6) is 0 Å². The molecule has 1 atom stereocenters. The number of rotatable bonds is 2. The van der Waals surface area contributed by atoms with Gasteiger partial charge in [-0.25, -0.2) is 0 Å². The molecule has 0 rings (SSSR count). The molecule has 0 aromatic carbocycles. The van der Waals surface area contributed by atoms with Gasteiger partial charge in [-0.2, -0.15) is 7.05 Å². The van der Waals surface area contributed by atoms with Crippen LogP contribution >= 0.6 is 9.24 Å². The second kappa shape index (κ2) is 16.5. The zero-order valence-corrected chi connectivity index (χ0v) is 12.8. The number of aliphatic imine (C=N–C) groups is 1. The summed E-state index contributed by atoms with van der Waals surface area (Å²) in [7, 11) is 6.02. The Hall–Kier alpha value is 0.0735. The molecule has 0 N–H and O–H groups in total. The molecule has 0 radical (unpaired) electrons. The molecule has 0 amide bonds. The van der Waals surface area contributed by atoms with Crippen molar-refractivity contribution in [2.24, 2.45) is 4.99 Å². The maximum atomic E-state index is 4.16. The van der Waals surface area contributed by atoms with E-state index in [0.29, 0.717) is 0 Å².